The van der Waals surface area contributed by atoms with Crippen molar-refractivity contribution in [2.24, 2.45) is 0 Å². The molecule has 0 radical (unpaired) electrons. The van der Waals surface area contributed by atoms with E-state index in [1.54, 1.807) is 13.0 Å². The molecular weight excluding hydrogens is 288 g/mol. The van der Waals surface area contributed by atoms with Gasteiger partial charge in [0.15, 0.2) is 0 Å². The fraction of sp³-hybridized carbons (Fsp3) is 0.625. The topological polar surface area (TPSA) is 74.4 Å². The molecule has 2 fully saturated rings. The van der Waals surface area contributed by atoms with Crippen LogP contribution in [0.4, 0.5) is 0 Å². The van der Waals surface area contributed by atoms with Gasteiger partial charge in [-0.05, 0) is 26.2 Å². The van der Waals surface area contributed by atoms with E-state index in [1.807, 2.05) is 0 Å². The van der Waals surface area contributed by atoms with Crippen LogP contribution in [-0.4, -0.2) is 44.5 Å². The molecule has 2 saturated heterocycles. The Labute approximate surface area is 130 Å². The first kappa shape index (κ1) is 16.7. The molecule has 2 atom stereocenters. The normalized spacial score (nSPS) is 25.0. The lowest BCUT2D eigenvalue weighted by Crippen LogP contribution is -2.14. The van der Waals surface area contributed by atoms with Gasteiger partial charge in [0.1, 0.15) is 6.26 Å². The average molecular weight is 310 g/mol. The van der Waals surface area contributed by atoms with Gasteiger partial charge >= 0.3 is 11.9 Å². The van der Waals surface area contributed by atoms with Crippen molar-refractivity contribution in [3.63, 3.8) is 0 Å². The number of epoxide rings is 1. The van der Waals surface area contributed by atoms with E-state index >= 15 is 0 Å². The number of methoxy groups -OCH3 is 1. The van der Waals surface area contributed by atoms with Crippen molar-refractivity contribution in [1.29, 1.82) is 0 Å². The van der Waals surface area contributed by atoms with Crippen molar-refractivity contribution < 1.29 is 28.5 Å². The first-order valence-electron chi connectivity index (χ1n) is 7.48. The first-order valence-corrected chi connectivity index (χ1v) is 7.48. The minimum atomic E-state index is -0.503. The lowest BCUT2D eigenvalue weighted by atomic mass is 10.1. The van der Waals surface area contributed by atoms with Gasteiger partial charge in [0.25, 0.3) is 0 Å². The number of ether oxygens (including phenoxy) is 4. The van der Waals surface area contributed by atoms with E-state index in [2.05, 4.69) is 0 Å². The second-order valence-corrected chi connectivity index (χ2v) is 5.46. The zero-order valence-corrected chi connectivity index (χ0v) is 13.0. The minimum absolute atomic E-state index is 0.0206. The maximum Gasteiger partial charge on any atom is 0.338 e. The van der Waals surface area contributed by atoms with Crippen molar-refractivity contribution in [2.75, 3.05) is 20.3 Å². The molecule has 0 aromatic heterocycles. The second-order valence-electron chi connectivity index (χ2n) is 5.46. The molecule has 0 aromatic carbocycles. The van der Waals surface area contributed by atoms with Gasteiger partial charge in [0.2, 0.25) is 0 Å². The van der Waals surface area contributed by atoms with Gasteiger partial charge in [0.05, 0.1) is 31.5 Å². The zero-order chi connectivity index (χ0) is 15.9. The lowest BCUT2D eigenvalue weighted by molar-refractivity contribution is -0.137. The van der Waals surface area contributed by atoms with Crippen LogP contribution < -0.4 is 0 Å². The third-order valence-corrected chi connectivity index (χ3v) is 3.64. The molecule has 6 nitrogen and oxygen atoms in total. The molecule has 0 N–H and O–H groups in total. The van der Waals surface area contributed by atoms with Crippen LogP contribution in [0.1, 0.15) is 32.6 Å². The van der Waals surface area contributed by atoms with Crippen LogP contribution in [0.15, 0.2) is 23.5 Å². The largest absolute Gasteiger partial charge is 0.466 e. The number of esters is 2. The Morgan fingerprint density at radius 1 is 1.23 bits per heavy atom. The molecule has 122 valence electrons. The minimum Gasteiger partial charge on any atom is -0.466 e. The van der Waals surface area contributed by atoms with E-state index in [0.29, 0.717) is 30.6 Å². The van der Waals surface area contributed by atoms with Gasteiger partial charge in [-0.3, -0.25) is 0 Å². The summed E-state index contributed by atoms with van der Waals surface area (Å²) in [6.45, 7) is 3.12. The summed E-state index contributed by atoms with van der Waals surface area (Å²) >= 11 is 0. The molecule has 2 aliphatic rings. The van der Waals surface area contributed by atoms with Crippen molar-refractivity contribution in [3.05, 3.63) is 23.5 Å². The number of hydrogen-bond donors (Lipinski definition) is 0. The van der Waals surface area contributed by atoms with E-state index in [0.717, 1.165) is 19.4 Å². The van der Waals surface area contributed by atoms with Gasteiger partial charge < -0.3 is 18.9 Å². The molecule has 22 heavy (non-hydrogen) atoms. The van der Waals surface area contributed by atoms with Crippen molar-refractivity contribution in [1.82, 2.24) is 0 Å². The highest BCUT2D eigenvalue weighted by molar-refractivity contribution is 5.91. The molecule has 2 rings (SSSR count). The van der Waals surface area contributed by atoms with Gasteiger partial charge in [-0.1, -0.05) is 6.08 Å². The summed E-state index contributed by atoms with van der Waals surface area (Å²) in [6, 6.07) is 0. The van der Waals surface area contributed by atoms with Crippen molar-refractivity contribution in [2.45, 2.75) is 44.8 Å². The summed E-state index contributed by atoms with van der Waals surface area (Å²) in [5.74, 6) is -0.981. The number of rotatable bonds is 7. The van der Waals surface area contributed by atoms with E-state index in [1.165, 1.54) is 13.4 Å². The summed E-state index contributed by atoms with van der Waals surface area (Å²) < 4.78 is 20.4. The van der Waals surface area contributed by atoms with E-state index in [4.69, 9.17) is 18.9 Å². The molecule has 0 aliphatic carbocycles. The van der Waals surface area contributed by atoms with Crippen LogP contribution in [0.2, 0.25) is 0 Å². The molecule has 2 aliphatic heterocycles. The van der Waals surface area contributed by atoms with Crippen LogP contribution in [-0.2, 0) is 28.5 Å². The fourth-order valence-electron chi connectivity index (χ4n) is 2.17. The predicted molar refractivity (Wildman–Crippen MR) is 77.9 cm³/mol. The molecule has 6 heteroatoms. The Balaban J connectivity index is 1.90. The Hall–Kier alpha value is -1.66. The predicted octanol–water partition coefficient (Wildman–Crippen LogP) is 1.89. The summed E-state index contributed by atoms with van der Waals surface area (Å²) in [5.41, 5.74) is 0.800. The van der Waals surface area contributed by atoms with Crippen LogP contribution in [0, 0.1) is 0 Å². The van der Waals surface area contributed by atoms with Crippen LogP contribution >= 0.6 is 0 Å². The molecule has 0 bridgehead atoms. The number of carbonyl (C=O) groups is 2. The molecule has 0 amide bonds. The molecule has 0 aromatic rings. The highest BCUT2D eigenvalue weighted by Gasteiger charge is 2.23. The lowest BCUT2D eigenvalue weighted by Gasteiger charge is -2.11. The highest BCUT2D eigenvalue weighted by atomic mass is 16.6. The monoisotopic (exact) mass is 310 g/mol. The first-order chi connectivity index (χ1) is 10.6. The van der Waals surface area contributed by atoms with Gasteiger partial charge in [-0.15, -0.1) is 0 Å². The summed E-state index contributed by atoms with van der Waals surface area (Å²) in [4.78, 5) is 23.6. The maximum absolute atomic E-state index is 11.9. The standard InChI is InChI=1S/C16H22O6/c1-11(5-6-14-10-21-14)15(17)22-9-12(16(18)19-2)8-13-4-3-7-20-13/h5,9,13-14H,3-4,6-8,10H2,1-2H3. The van der Waals surface area contributed by atoms with Crippen molar-refractivity contribution >= 4 is 11.9 Å². The molecule has 2 unspecified atom stereocenters. The second kappa shape index (κ2) is 8.10. The third kappa shape index (κ3) is 5.27. The van der Waals surface area contributed by atoms with E-state index < -0.39 is 11.9 Å². The van der Waals surface area contributed by atoms with Crippen LogP contribution in [0.5, 0.6) is 0 Å². The smallest absolute Gasteiger partial charge is 0.338 e. The van der Waals surface area contributed by atoms with Gasteiger partial charge in [-0.25, -0.2) is 9.59 Å². The molecular formula is C16H22O6. The SMILES string of the molecule is COC(=O)C(=COC(=O)C(C)=CCC1CO1)CC1CCCO1. The Morgan fingerprint density at radius 2 is 2.00 bits per heavy atom. The van der Waals surface area contributed by atoms with Gasteiger partial charge in [-0.2, -0.15) is 0 Å². The third-order valence-electron chi connectivity index (χ3n) is 3.64. The van der Waals surface area contributed by atoms with E-state index in [9.17, 15) is 9.59 Å². The van der Waals surface area contributed by atoms with Crippen LogP contribution in [0.25, 0.3) is 0 Å². The maximum atomic E-state index is 11.9. The zero-order valence-electron chi connectivity index (χ0n) is 13.0. The Kier molecular flexibility index (Phi) is 6.15. The summed E-state index contributed by atoms with van der Waals surface area (Å²) in [7, 11) is 1.30. The molecule has 0 spiro atoms. The Morgan fingerprint density at radius 3 is 2.59 bits per heavy atom. The molecule has 0 saturated carbocycles. The summed E-state index contributed by atoms with van der Waals surface area (Å²) in [6.07, 6.45) is 6.12. The highest BCUT2D eigenvalue weighted by Crippen LogP contribution is 2.21. The van der Waals surface area contributed by atoms with Gasteiger partial charge in [0, 0.05) is 18.6 Å². The van der Waals surface area contributed by atoms with Crippen LogP contribution in [0.3, 0.4) is 0 Å². The Bertz CT molecular complexity index is 469. The number of carbonyl (C=O) groups excluding carboxylic acids is 2. The average Bonchev–Trinajstić information content (AvgIpc) is 3.22. The quantitative estimate of drug-likeness (QED) is 0.309. The fourth-order valence-corrected chi connectivity index (χ4v) is 2.17. The van der Waals surface area contributed by atoms with Crippen molar-refractivity contribution in [3.8, 4) is 0 Å². The summed E-state index contributed by atoms with van der Waals surface area (Å²) in [5, 5.41) is 0. The number of hydrogen-bond acceptors (Lipinski definition) is 6. The van der Waals surface area contributed by atoms with E-state index in [-0.39, 0.29) is 12.2 Å². The molecule has 2 heterocycles.